The van der Waals surface area contributed by atoms with Crippen LogP contribution in [0.3, 0.4) is 0 Å². The topological polar surface area (TPSA) is 55.1 Å². The Kier molecular flexibility index (Phi) is 2.93. The van der Waals surface area contributed by atoms with Crippen molar-refractivity contribution in [2.24, 2.45) is 0 Å². The van der Waals surface area contributed by atoms with E-state index < -0.39 is 0 Å². The molecule has 1 N–H and O–H groups in total. The molecule has 0 saturated heterocycles. The van der Waals surface area contributed by atoms with E-state index in [0.29, 0.717) is 6.54 Å². The molecule has 6 heteroatoms. The molecule has 0 aliphatic rings. The highest BCUT2D eigenvalue weighted by Crippen LogP contribution is 2.11. The van der Waals surface area contributed by atoms with Gasteiger partial charge in [-0.2, -0.15) is 0 Å². The zero-order chi connectivity index (χ0) is 12.4. The Balaban J connectivity index is 1.79. The standard InChI is InChI=1S/C12H10BrN5/c13-9-4-5-10(14-7-9)15-8-12-17-16-11-3-1-2-6-18(11)12/h1-7H,8H2,(H,14,15). The number of hydrogen-bond donors (Lipinski definition) is 1. The molecule has 3 heterocycles. The van der Waals surface area contributed by atoms with Gasteiger partial charge in [0.2, 0.25) is 0 Å². The van der Waals surface area contributed by atoms with Crippen molar-refractivity contribution >= 4 is 27.4 Å². The van der Waals surface area contributed by atoms with Crippen LogP contribution >= 0.6 is 15.9 Å². The van der Waals surface area contributed by atoms with Crippen LogP contribution in [0.15, 0.2) is 47.2 Å². The van der Waals surface area contributed by atoms with Crippen LogP contribution < -0.4 is 5.32 Å². The van der Waals surface area contributed by atoms with Gasteiger partial charge in [0.15, 0.2) is 11.5 Å². The normalized spacial score (nSPS) is 10.7. The first-order chi connectivity index (χ1) is 8.83. The molecule has 5 nitrogen and oxygen atoms in total. The summed E-state index contributed by atoms with van der Waals surface area (Å²) in [5.41, 5.74) is 0.845. The fourth-order valence-electron chi connectivity index (χ4n) is 1.66. The van der Waals surface area contributed by atoms with Crippen molar-refractivity contribution in [3.8, 4) is 0 Å². The van der Waals surface area contributed by atoms with Crippen molar-refractivity contribution in [3.05, 3.63) is 53.0 Å². The summed E-state index contributed by atoms with van der Waals surface area (Å²) < 4.78 is 2.91. The average Bonchev–Trinajstić information content (AvgIpc) is 2.82. The van der Waals surface area contributed by atoms with E-state index in [1.165, 1.54) is 0 Å². The van der Waals surface area contributed by atoms with E-state index in [-0.39, 0.29) is 0 Å². The highest BCUT2D eigenvalue weighted by Gasteiger charge is 2.04. The highest BCUT2D eigenvalue weighted by atomic mass is 79.9. The van der Waals surface area contributed by atoms with Gasteiger partial charge < -0.3 is 5.32 Å². The number of nitrogens with zero attached hydrogens (tertiary/aromatic N) is 4. The third-order valence-electron chi connectivity index (χ3n) is 2.54. The van der Waals surface area contributed by atoms with E-state index in [0.717, 1.165) is 21.8 Å². The number of aromatic nitrogens is 4. The van der Waals surface area contributed by atoms with E-state index in [1.807, 2.05) is 40.9 Å². The van der Waals surface area contributed by atoms with E-state index in [2.05, 4.69) is 36.4 Å². The van der Waals surface area contributed by atoms with Crippen LogP contribution in [0.4, 0.5) is 5.82 Å². The van der Waals surface area contributed by atoms with Gasteiger partial charge in [-0.25, -0.2) is 4.98 Å². The van der Waals surface area contributed by atoms with Crippen LogP contribution in [-0.4, -0.2) is 19.6 Å². The fraction of sp³-hybridized carbons (Fsp3) is 0.0833. The molecule has 3 aromatic heterocycles. The van der Waals surface area contributed by atoms with Crippen LogP contribution in [-0.2, 0) is 6.54 Å². The van der Waals surface area contributed by atoms with Crippen LogP contribution in [0, 0.1) is 0 Å². The molecule has 0 spiro atoms. The lowest BCUT2D eigenvalue weighted by atomic mass is 10.4. The second-order valence-electron chi connectivity index (χ2n) is 3.76. The number of pyridine rings is 2. The summed E-state index contributed by atoms with van der Waals surface area (Å²) in [7, 11) is 0. The van der Waals surface area contributed by atoms with E-state index >= 15 is 0 Å². The summed E-state index contributed by atoms with van der Waals surface area (Å²) in [5, 5.41) is 11.4. The molecule has 0 fully saturated rings. The third kappa shape index (κ3) is 2.19. The second-order valence-corrected chi connectivity index (χ2v) is 4.68. The fourth-order valence-corrected chi connectivity index (χ4v) is 1.90. The summed E-state index contributed by atoms with van der Waals surface area (Å²) in [6.07, 6.45) is 3.70. The molecule has 0 radical (unpaired) electrons. The SMILES string of the molecule is Brc1ccc(NCc2nnc3ccccn23)nc1. The lowest BCUT2D eigenvalue weighted by Crippen LogP contribution is -2.05. The Bertz CT molecular complexity index is 662. The number of nitrogens with one attached hydrogen (secondary N) is 1. The number of hydrogen-bond acceptors (Lipinski definition) is 4. The first-order valence-electron chi connectivity index (χ1n) is 5.47. The van der Waals surface area contributed by atoms with E-state index in [9.17, 15) is 0 Å². The highest BCUT2D eigenvalue weighted by molar-refractivity contribution is 9.10. The maximum Gasteiger partial charge on any atom is 0.160 e. The van der Waals surface area contributed by atoms with Crippen LogP contribution in [0.25, 0.3) is 5.65 Å². The summed E-state index contributed by atoms with van der Waals surface area (Å²) in [6.45, 7) is 0.583. The van der Waals surface area contributed by atoms with Crippen molar-refractivity contribution in [2.45, 2.75) is 6.54 Å². The van der Waals surface area contributed by atoms with Crippen molar-refractivity contribution in [1.29, 1.82) is 0 Å². The predicted octanol–water partition coefficient (Wildman–Crippen LogP) is 2.50. The molecule has 0 atom stereocenters. The first-order valence-corrected chi connectivity index (χ1v) is 6.26. The van der Waals surface area contributed by atoms with Gasteiger partial charge in [-0.15, -0.1) is 10.2 Å². The summed E-state index contributed by atoms with van der Waals surface area (Å²) in [6, 6.07) is 9.67. The Morgan fingerprint density at radius 2 is 2.11 bits per heavy atom. The van der Waals surface area contributed by atoms with Gasteiger partial charge >= 0.3 is 0 Å². The minimum absolute atomic E-state index is 0.583. The lowest BCUT2D eigenvalue weighted by Gasteiger charge is -2.04. The van der Waals surface area contributed by atoms with Gasteiger partial charge in [-0.05, 0) is 40.2 Å². The maximum atomic E-state index is 4.24. The van der Waals surface area contributed by atoms with Gasteiger partial charge in [-0.3, -0.25) is 4.40 Å². The molecule has 0 aliphatic carbocycles. The number of rotatable bonds is 3. The summed E-state index contributed by atoms with van der Waals surface area (Å²) in [4.78, 5) is 4.24. The average molecular weight is 304 g/mol. The summed E-state index contributed by atoms with van der Waals surface area (Å²) in [5.74, 6) is 1.67. The van der Waals surface area contributed by atoms with Crippen LogP contribution in [0.5, 0.6) is 0 Å². The van der Waals surface area contributed by atoms with Crippen molar-refractivity contribution in [2.75, 3.05) is 5.32 Å². The maximum absolute atomic E-state index is 4.24. The zero-order valence-corrected chi connectivity index (χ0v) is 11.0. The predicted molar refractivity (Wildman–Crippen MR) is 72.3 cm³/mol. The first kappa shape index (κ1) is 11.2. The molecule has 0 saturated carbocycles. The molecular weight excluding hydrogens is 294 g/mol. The Hall–Kier alpha value is -1.95. The van der Waals surface area contributed by atoms with Gasteiger partial charge in [0.05, 0.1) is 6.54 Å². The minimum Gasteiger partial charge on any atom is -0.363 e. The zero-order valence-electron chi connectivity index (χ0n) is 9.42. The summed E-state index contributed by atoms with van der Waals surface area (Å²) >= 11 is 3.35. The number of fused-ring (bicyclic) bond motifs is 1. The monoisotopic (exact) mass is 303 g/mol. The molecule has 90 valence electrons. The molecule has 3 rings (SSSR count). The number of halogens is 1. The molecule has 0 amide bonds. The largest absolute Gasteiger partial charge is 0.363 e. The van der Waals surface area contributed by atoms with Crippen molar-refractivity contribution in [1.82, 2.24) is 19.6 Å². The smallest absolute Gasteiger partial charge is 0.160 e. The minimum atomic E-state index is 0.583. The van der Waals surface area contributed by atoms with Gasteiger partial charge in [0.1, 0.15) is 5.82 Å². The van der Waals surface area contributed by atoms with E-state index in [1.54, 1.807) is 6.20 Å². The molecule has 0 aliphatic heterocycles. The molecule has 0 bridgehead atoms. The van der Waals surface area contributed by atoms with Crippen molar-refractivity contribution in [3.63, 3.8) is 0 Å². The number of anilines is 1. The van der Waals surface area contributed by atoms with Crippen molar-refractivity contribution < 1.29 is 0 Å². The van der Waals surface area contributed by atoms with E-state index in [4.69, 9.17) is 0 Å². The molecule has 3 aromatic rings. The molecule has 0 aromatic carbocycles. The Labute approximate surface area is 112 Å². The lowest BCUT2D eigenvalue weighted by molar-refractivity contribution is 0.912. The van der Waals surface area contributed by atoms with Crippen LogP contribution in [0.2, 0.25) is 0 Å². The van der Waals surface area contributed by atoms with Gasteiger partial charge in [0, 0.05) is 16.9 Å². The van der Waals surface area contributed by atoms with Gasteiger partial charge in [0.25, 0.3) is 0 Å². The Morgan fingerprint density at radius 1 is 1.17 bits per heavy atom. The van der Waals surface area contributed by atoms with Crippen LogP contribution in [0.1, 0.15) is 5.82 Å². The third-order valence-corrected chi connectivity index (χ3v) is 3.01. The molecule has 0 unspecified atom stereocenters. The second kappa shape index (κ2) is 4.73. The molecular formula is C12H10BrN5. The molecule has 18 heavy (non-hydrogen) atoms. The quantitative estimate of drug-likeness (QED) is 0.808. The van der Waals surface area contributed by atoms with Gasteiger partial charge in [-0.1, -0.05) is 6.07 Å². The Morgan fingerprint density at radius 3 is 2.94 bits per heavy atom.